The summed E-state index contributed by atoms with van der Waals surface area (Å²) in [6, 6.07) is 6.03. The van der Waals surface area contributed by atoms with Gasteiger partial charge in [-0.3, -0.25) is 14.8 Å². The number of fused-ring (bicyclic) bond motifs is 1. The quantitative estimate of drug-likeness (QED) is 0.537. The Morgan fingerprint density at radius 2 is 1.57 bits per heavy atom. The van der Waals surface area contributed by atoms with Gasteiger partial charge in [0.2, 0.25) is 0 Å². The van der Waals surface area contributed by atoms with E-state index in [1.807, 2.05) is 0 Å². The van der Waals surface area contributed by atoms with Crippen LogP contribution in [-0.4, -0.2) is 15.8 Å². The molecule has 21 heavy (non-hydrogen) atoms. The first kappa shape index (κ1) is 13.2. The first-order chi connectivity index (χ1) is 10.1. The molecule has 0 N–H and O–H groups in total. The second-order valence-electron chi connectivity index (χ2n) is 4.31. The van der Waals surface area contributed by atoms with E-state index in [0.29, 0.717) is 17.1 Å². The van der Waals surface area contributed by atoms with Gasteiger partial charge in [-0.2, -0.15) is 0 Å². The zero-order valence-electron chi connectivity index (χ0n) is 10.5. The van der Waals surface area contributed by atoms with E-state index in [1.165, 1.54) is 24.5 Å². The topological polar surface area (TPSA) is 42.9 Å². The minimum atomic E-state index is -1.67. The lowest BCUT2D eigenvalue weighted by Crippen LogP contribution is -2.07. The van der Waals surface area contributed by atoms with E-state index in [1.54, 1.807) is 6.07 Å². The molecule has 0 saturated heterocycles. The molecule has 0 spiro atoms. The summed E-state index contributed by atoms with van der Waals surface area (Å²) < 4.78 is 39.7. The number of ketones is 1. The first-order valence-corrected chi connectivity index (χ1v) is 5.97. The third-order valence-electron chi connectivity index (χ3n) is 3.01. The summed E-state index contributed by atoms with van der Waals surface area (Å²) in [5, 5.41) is 0. The zero-order valence-corrected chi connectivity index (χ0v) is 10.5. The van der Waals surface area contributed by atoms with Crippen molar-refractivity contribution in [3.63, 3.8) is 0 Å². The molecule has 0 radical (unpaired) electrons. The number of rotatable bonds is 2. The Balaban J connectivity index is 2.10. The van der Waals surface area contributed by atoms with Gasteiger partial charge in [0.05, 0.1) is 16.6 Å². The van der Waals surface area contributed by atoms with Crippen LogP contribution >= 0.6 is 0 Å². The van der Waals surface area contributed by atoms with Gasteiger partial charge in [-0.1, -0.05) is 0 Å². The van der Waals surface area contributed by atoms with Crippen molar-refractivity contribution >= 4 is 16.8 Å². The summed E-state index contributed by atoms with van der Waals surface area (Å²) in [7, 11) is 0. The molecule has 0 fully saturated rings. The number of nitrogens with zero attached hydrogens (tertiary/aromatic N) is 2. The molecule has 3 nitrogen and oxygen atoms in total. The summed E-state index contributed by atoms with van der Waals surface area (Å²) in [6.07, 6.45) is 2.95. The van der Waals surface area contributed by atoms with Crippen LogP contribution < -0.4 is 0 Å². The molecule has 0 aliphatic heterocycles. The van der Waals surface area contributed by atoms with Crippen molar-refractivity contribution in [3.8, 4) is 0 Å². The van der Waals surface area contributed by atoms with Gasteiger partial charge >= 0.3 is 0 Å². The van der Waals surface area contributed by atoms with Crippen LogP contribution in [0, 0.1) is 17.5 Å². The lowest BCUT2D eigenvalue weighted by atomic mass is 10.0. The molecule has 0 aliphatic carbocycles. The lowest BCUT2D eigenvalue weighted by Gasteiger charge is -2.05. The molecule has 1 aromatic heterocycles. The van der Waals surface area contributed by atoms with Crippen molar-refractivity contribution in [2.75, 3.05) is 0 Å². The van der Waals surface area contributed by atoms with Crippen LogP contribution in [0.1, 0.15) is 15.9 Å². The second kappa shape index (κ2) is 4.97. The molecular weight excluding hydrogens is 281 g/mol. The van der Waals surface area contributed by atoms with Gasteiger partial charge in [-0.15, -0.1) is 0 Å². The fraction of sp³-hybridized carbons (Fsp3) is 0. The van der Waals surface area contributed by atoms with E-state index >= 15 is 0 Å². The molecule has 0 amide bonds. The van der Waals surface area contributed by atoms with Crippen LogP contribution in [0.4, 0.5) is 13.2 Å². The normalized spacial score (nSPS) is 10.8. The highest BCUT2D eigenvalue weighted by Gasteiger charge is 2.20. The fourth-order valence-corrected chi connectivity index (χ4v) is 1.96. The van der Waals surface area contributed by atoms with Crippen LogP contribution in [-0.2, 0) is 0 Å². The minimum absolute atomic E-state index is 0.118. The molecule has 1 heterocycles. The zero-order chi connectivity index (χ0) is 15.0. The number of benzene rings is 2. The Morgan fingerprint density at radius 1 is 0.857 bits per heavy atom. The third kappa shape index (κ3) is 2.24. The Morgan fingerprint density at radius 3 is 2.33 bits per heavy atom. The Kier molecular flexibility index (Phi) is 3.13. The summed E-state index contributed by atoms with van der Waals surface area (Å²) in [6.45, 7) is 0. The Hall–Kier alpha value is -2.76. The van der Waals surface area contributed by atoms with Gasteiger partial charge in [-0.05, 0) is 30.3 Å². The highest BCUT2D eigenvalue weighted by atomic mass is 19.2. The summed E-state index contributed by atoms with van der Waals surface area (Å²) in [5.41, 5.74) is 0.608. The predicted octanol–water partition coefficient (Wildman–Crippen LogP) is 3.28. The van der Waals surface area contributed by atoms with E-state index < -0.39 is 28.8 Å². The summed E-state index contributed by atoms with van der Waals surface area (Å²) in [5.74, 6) is -5.26. The van der Waals surface area contributed by atoms with Crippen LogP contribution in [0.15, 0.2) is 42.7 Å². The molecule has 0 atom stereocenters. The van der Waals surface area contributed by atoms with Crippen molar-refractivity contribution in [1.29, 1.82) is 0 Å². The van der Waals surface area contributed by atoms with Gasteiger partial charge in [0.1, 0.15) is 0 Å². The highest BCUT2D eigenvalue weighted by molar-refractivity contribution is 6.10. The maximum Gasteiger partial charge on any atom is 0.196 e. The van der Waals surface area contributed by atoms with Crippen LogP contribution in [0.2, 0.25) is 0 Å². The van der Waals surface area contributed by atoms with Crippen LogP contribution in [0.25, 0.3) is 11.0 Å². The molecule has 6 heteroatoms. The van der Waals surface area contributed by atoms with Gasteiger partial charge in [0.25, 0.3) is 0 Å². The number of halogens is 3. The molecule has 3 rings (SSSR count). The van der Waals surface area contributed by atoms with Crippen molar-refractivity contribution in [2.45, 2.75) is 0 Å². The van der Waals surface area contributed by atoms with E-state index in [-0.39, 0.29) is 5.56 Å². The predicted molar refractivity (Wildman–Crippen MR) is 69.3 cm³/mol. The Bertz CT molecular complexity index is 865. The number of aromatic nitrogens is 2. The Labute approximate surface area is 117 Å². The smallest absolute Gasteiger partial charge is 0.196 e. The van der Waals surface area contributed by atoms with E-state index in [4.69, 9.17) is 0 Å². The molecular formula is C15H7F3N2O. The standard InChI is InChI=1S/C15H7F3N2O/c16-10-3-2-9(13(17)14(10)18)15(21)8-1-4-11-12(7-8)20-6-5-19-11/h1-7H. The first-order valence-electron chi connectivity index (χ1n) is 5.97. The van der Waals surface area contributed by atoms with Crippen molar-refractivity contribution in [3.05, 3.63) is 71.3 Å². The molecule has 0 unspecified atom stereocenters. The second-order valence-corrected chi connectivity index (χ2v) is 4.31. The number of carbonyl (C=O) groups excluding carboxylic acids is 1. The van der Waals surface area contributed by atoms with Crippen LogP contribution in [0.3, 0.4) is 0 Å². The summed E-state index contributed by atoms with van der Waals surface area (Å²) in [4.78, 5) is 20.3. The fourth-order valence-electron chi connectivity index (χ4n) is 1.96. The van der Waals surface area contributed by atoms with Crippen LogP contribution in [0.5, 0.6) is 0 Å². The highest BCUT2D eigenvalue weighted by Crippen LogP contribution is 2.20. The molecule has 2 aromatic carbocycles. The third-order valence-corrected chi connectivity index (χ3v) is 3.01. The van der Waals surface area contributed by atoms with Crippen molar-refractivity contribution < 1.29 is 18.0 Å². The molecule has 3 aromatic rings. The van der Waals surface area contributed by atoms with Gasteiger partial charge < -0.3 is 0 Å². The maximum atomic E-state index is 13.6. The van der Waals surface area contributed by atoms with Crippen molar-refractivity contribution in [1.82, 2.24) is 9.97 Å². The van der Waals surface area contributed by atoms with E-state index in [2.05, 4.69) is 9.97 Å². The number of hydrogen-bond donors (Lipinski definition) is 0. The average molecular weight is 288 g/mol. The monoisotopic (exact) mass is 288 g/mol. The average Bonchev–Trinajstić information content (AvgIpc) is 2.52. The van der Waals surface area contributed by atoms with Gasteiger partial charge in [-0.25, -0.2) is 13.2 Å². The maximum absolute atomic E-state index is 13.6. The summed E-state index contributed by atoms with van der Waals surface area (Å²) >= 11 is 0. The molecule has 104 valence electrons. The number of carbonyl (C=O) groups is 1. The lowest BCUT2D eigenvalue weighted by molar-refractivity contribution is 0.103. The molecule has 0 saturated carbocycles. The number of hydrogen-bond acceptors (Lipinski definition) is 3. The van der Waals surface area contributed by atoms with Crippen molar-refractivity contribution in [2.24, 2.45) is 0 Å². The van der Waals surface area contributed by atoms with Gasteiger partial charge in [0.15, 0.2) is 23.2 Å². The minimum Gasteiger partial charge on any atom is -0.288 e. The SMILES string of the molecule is O=C(c1ccc2nccnc2c1)c1ccc(F)c(F)c1F. The molecule has 0 bridgehead atoms. The largest absolute Gasteiger partial charge is 0.288 e. The van der Waals surface area contributed by atoms with E-state index in [9.17, 15) is 18.0 Å². The molecule has 0 aliphatic rings. The van der Waals surface area contributed by atoms with E-state index in [0.717, 1.165) is 6.07 Å². The van der Waals surface area contributed by atoms with Gasteiger partial charge in [0, 0.05) is 18.0 Å².